The number of nitrogens with one attached hydrogen (secondary N) is 2. The first-order valence-electron chi connectivity index (χ1n) is 7.12. The molecule has 0 bridgehead atoms. The van der Waals surface area contributed by atoms with Crippen LogP contribution in [0.25, 0.3) is 0 Å². The first-order valence-corrected chi connectivity index (χ1v) is 7.12. The molecule has 0 saturated heterocycles. The van der Waals surface area contributed by atoms with Gasteiger partial charge in [0.25, 0.3) is 0 Å². The fourth-order valence-corrected chi connectivity index (χ4v) is 1.85. The minimum atomic E-state index is -0.104. The molecule has 114 valence electrons. The standard InChI is InChI=1S/C14H23N7/c1-6-21-9-17-20-12(21)8-16-11-7-10(15-5)18-13(19-11)14(2,3)4/h7,9H,6,8H2,1-5H3,(H2,15,16,18,19). The topological polar surface area (TPSA) is 80.5 Å². The third-order valence-electron chi connectivity index (χ3n) is 3.12. The normalized spacial score (nSPS) is 11.5. The Bertz CT molecular complexity index is 598. The maximum atomic E-state index is 4.59. The Morgan fingerprint density at radius 2 is 1.90 bits per heavy atom. The lowest BCUT2D eigenvalue weighted by molar-refractivity contribution is 0.546. The summed E-state index contributed by atoms with van der Waals surface area (Å²) in [5.74, 6) is 3.27. The van der Waals surface area contributed by atoms with E-state index in [1.165, 1.54) is 0 Å². The molecule has 0 saturated carbocycles. The molecule has 21 heavy (non-hydrogen) atoms. The van der Waals surface area contributed by atoms with Crippen molar-refractivity contribution in [3.05, 3.63) is 24.0 Å². The van der Waals surface area contributed by atoms with Crippen LogP contribution < -0.4 is 10.6 Å². The fourth-order valence-electron chi connectivity index (χ4n) is 1.85. The van der Waals surface area contributed by atoms with E-state index >= 15 is 0 Å². The van der Waals surface area contributed by atoms with Gasteiger partial charge in [-0.3, -0.25) is 0 Å². The summed E-state index contributed by atoms with van der Waals surface area (Å²) in [5, 5.41) is 14.4. The van der Waals surface area contributed by atoms with Crippen LogP contribution in [0.5, 0.6) is 0 Å². The van der Waals surface area contributed by atoms with Crippen molar-refractivity contribution in [3.8, 4) is 0 Å². The van der Waals surface area contributed by atoms with Gasteiger partial charge in [-0.15, -0.1) is 10.2 Å². The molecule has 0 aromatic carbocycles. The van der Waals surface area contributed by atoms with E-state index in [0.29, 0.717) is 6.54 Å². The van der Waals surface area contributed by atoms with Gasteiger partial charge in [0.1, 0.15) is 23.8 Å². The summed E-state index contributed by atoms with van der Waals surface area (Å²) in [4.78, 5) is 9.09. The number of nitrogens with zero attached hydrogens (tertiary/aromatic N) is 5. The Morgan fingerprint density at radius 3 is 2.52 bits per heavy atom. The Kier molecular flexibility index (Phi) is 4.40. The minimum absolute atomic E-state index is 0.104. The molecule has 0 unspecified atom stereocenters. The van der Waals surface area contributed by atoms with Crippen molar-refractivity contribution in [2.75, 3.05) is 17.7 Å². The lowest BCUT2D eigenvalue weighted by atomic mass is 9.96. The van der Waals surface area contributed by atoms with Gasteiger partial charge in [-0.25, -0.2) is 9.97 Å². The monoisotopic (exact) mass is 289 g/mol. The third kappa shape index (κ3) is 3.68. The van der Waals surface area contributed by atoms with Gasteiger partial charge >= 0.3 is 0 Å². The highest BCUT2D eigenvalue weighted by Crippen LogP contribution is 2.22. The fraction of sp³-hybridized carbons (Fsp3) is 0.571. The zero-order valence-corrected chi connectivity index (χ0v) is 13.3. The van der Waals surface area contributed by atoms with Gasteiger partial charge < -0.3 is 15.2 Å². The molecule has 0 amide bonds. The molecule has 0 radical (unpaired) electrons. The van der Waals surface area contributed by atoms with Gasteiger partial charge in [0, 0.05) is 25.1 Å². The quantitative estimate of drug-likeness (QED) is 0.876. The smallest absolute Gasteiger partial charge is 0.152 e. The molecule has 2 rings (SSSR count). The Labute approximate surface area is 125 Å². The van der Waals surface area contributed by atoms with Crippen LogP contribution in [0.15, 0.2) is 12.4 Å². The summed E-state index contributed by atoms with van der Waals surface area (Å²) in [5.41, 5.74) is -0.104. The molecule has 2 heterocycles. The van der Waals surface area contributed by atoms with E-state index in [2.05, 4.69) is 58.5 Å². The maximum absolute atomic E-state index is 4.59. The van der Waals surface area contributed by atoms with E-state index in [4.69, 9.17) is 0 Å². The van der Waals surface area contributed by atoms with E-state index in [1.807, 2.05) is 17.7 Å². The second-order valence-corrected chi connectivity index (χ2v) is 5.85. The molecule has 0 aliphatic carbocycles. The zero-order valence-electron chi connectivity index (χ0n) is 13.3. The second kappa shape index (κ2) is 6.07. The largest absolute Gasteiger partial charge is 0.373 e. The molecule has 7 nitrogen and oxygen atoms in total. The number of rotatable bonds is 5. The van der Waals surface area contributed by atoms with Gasteiger partial charge in [-0.2, -0.15) is 0 Å². The van der Waals surface area contributed by atoms with Crippen molar-refractivity contribution in [1.82, 2.24) is 24.7 Å². The second-order valence-electron chi connectivity index (χ2n) is 5.85. The van der Waals surface area contributed by atoms with Gasteiger partial charge in [-0.1, -0.05) is 20.8 Å². The van der Waals surface area contributed by atoms with Gasteiger partial charge in [-0.05, 0) is 6.92 Å². The number of hydrogen-bond acceptors (Lipinski definition) is 6. The Balaban J connectivity index is 2.19. The van der Waals surface area contributed by atoms with Crippen LogP contribution >= 0.6 is 0 Å². The van der Waals surface area contributed by atoms with Gasteiger partial charge in [0.05, 0.1) is 6.54 Å². The molecular weight excluding hydrogens is 266 g/mol. The van der Waals surface area contributed by atoms with Gasteiger partial charge in [0.15, 0.2) is 5.82 Å². The van der Waals surface area contributed by atoms with E-state index in [9.17, 15) is 0 Å². The highest BCUT2D eigenvalue weighted by molar-refractivity contribution is 5.47. The lowest BCUT2D eigenvalue weighted by Crippen LogP contribution is -2.18. The van der Waals surface area contributed by atoms with Crippen LogP contribution in [0.2, 0.25) is 0 Å². The summed E-state index contributed by atoms with van der Waals surface area (Å²) in [7, 11) is 1.85. The van der Waals surface area contributed by atoms with Crippen molar-refractivity contribution < 1.29 is 0 Å². The average Bonchev–Trinajstić information content (AvgIpc) is 2.91. The molecule has 0 aliphatic heterocycles. The summed E-state index contributed by atoms with van der Waals surface area (Å²) in [6.07, 6.45) is 1.73. The molecule has 2 aromatic heterocycles. The van der Waals surface area contributed by atoms with Crippen molar-refractivity contribution in [3.63, 3.8) is 0 Å². The lowest BCUT2D eigenvalue weighted by Gasteiger charge is -2.18. The van der Waals surface area contributed by atoms with Crippen molar-refractivity contribution in [2.24, 2.45) is 0 Å². The number of anilines is 2. The van der Waals surface area contributed by atoms with E-state index < -0.39 is 0 Å². The van der Waals surface area contributed by atoms with Crippen LogP contribution in [-0.4, -0.2) is 31.8 Å². The molecular formula is C14H23N7. The summed E-state index contributed by atoms with van der Waals surface area (Å²) in [6.45, 7) is 9.78. The van der Waals surface area contributed by atoms with E-state index in [0.717, 1.165) is 29.8 Å². The predicted octanol–water partition coefficient (Wildman–Crippen LogP) is 2.04. The number of aromatic nitrogens is 5. The highest BCUT2D eigenvalue weighted by atomic mass is 15.3. The third-order valence-corrected chi connectivity index (χ3v) is 3.12. The van der Waals surface area contributed by atoms with Crippen molar-refractivity contribution in [1.29, 1.82) is 0 Å². The molecule has 0 fully saturated rings. The molecule has 2 N–H and O–H groups in total. The maximum Gasteiger partial charge on any atom is 0.152 e. The average molecular weight is 289 g/mol. The molecule has 7 heteroatoms. The highest BCUT2D eigenvalue weighted by Gasteiger charge is 2.19. The van der Waals surface area contributed by atoms with E-state index in [-0.39, 0.29) is 5.41 Å². The predicted molar refractivity (Wildman–Crippen MR) is 83.3 cm³/mol. The summed E-state index contributed by atoms with van der Waals surface area (Å²) < 4.78 is 2.00. The Hall–Kier alpha value is -2.18. The van der Waals surface area contributed by atoms with Crippen LogP contribution in [0.1, 0.15) is 39.3 Å². The van der Waals surface area contributed by atoms with E-state index in [1.54, 1.807) is 6.33 Å². The molecule has 0 aliphatic rings. The van der Waals surface area contributed by atoms with Crippen LogP contribution in [0, 0.1) is 0 Å². The van der Waals surface area contributed by atoms with Crippen LogP contribution in [0.4, 0.5) is 11.6 Å². The SMILES string of the molecule is CCn1cnnc1CNc1cc(NC)nc(C(C)(C)C)n1. The zero-order chi connectivity index (χ0) is 15.5. The van der Waals surface area contributed by atoms with Crippen molar-refractivity contribution >= 4 is 11.6 Å². The first-order chi connectivity index (χ1) is 9.94. The number of hydrogen-bond donors (Lipinski definition) is 2. The minimum Gasteiger partial charge on any atom is -0.373 e. The summed E-state index contributed by atoms with van der Waals surface area (Å²) >= 11 is 0. The molecule has 2 aromatic rings. The molecule has 0 atom stereocenters. The van der Waals surface area contributed by atoms with Crippen molar-refractivity contribution in [2.45, 2.75) is 46.2 Å². The van der Waals surface area contributed by atoms with Gasteiger partial charge in [0.2, 0.25) is 0 Å². The van der Waals surface area contributed by atoms with Crippen LogP contribution in [-0.2, 0) is 18.5 Å². The van der Waals surface area contributed by atoms with Crippen LogP contribution in [0.3, 0.4) is 0 Å². The number of aryl methyl sites for hydroxylation is 1. The molecule has 0 spiro atoms. The summed E-state index contributed by atoms with van der Waals surface area (Å²) in [6, 6.07) is 1.89. The first kappa shape index (κ1) is 15.2. The Morgan fingerprint density at radius 1 is 1.19 bits per heavy atom.